The molecule has 2 aromatic carbocycles. The fourth-order valence-electron chi connectivity index (χ4n) is 7.91. The van der Waals surface area contributed by atoms with Gasteiger partial charge in [-0.25, -0.2) is 0 Å². The van der Waals surface area contributed by atoms with Crippen LogP contribution in [0.5, 0.6) is 0 Å². The minimum atomic E-state index is -1.18. The summed E-state index contributed by atoms with van der Waals surface area (Å²) >= 11 is 0. The highest BCUT2D eigenvalue weighted by molar-refractivity contribution is 5.75. The average molecular weight is 987 g/mol. The van der Waals surface area contributed by atoms with E-state index in [4.69, 9.17) is 43.6 Å². The van der Waals surface area contributed by atoms with Crippen molar-refractivity contribution >= 4 is 53.9 Å². The number of amides is 2. The number of hydrogen-bond donors (Lipinski definition) is 2. The van der Waals surface area contributed by atoms with E-state index >= 15 is 0 Å². The molecule has 2 amide bonds. The molecule has 21 nitrogen and oxygen atoms in total. The topological polar surface area (TPSA) is 272 Å². The van der Waals surface area contributed by atoms with Gasteiger partial charge in [0.05, 0.1) is 18.2 Å². The van der Waals surface area contributed by atoms with E-state index in [1.165, 1.54) is 60.3 Å². The summed E-state index contributed by atoms with van der Waals surface area (Å²) in [7, 11) is 0. The second kappa shape index (κ2) is 31.0. The van der Waals surface area contributed by atoms with Crippen LogP contribution < -0.4 is 11.1 Å². The highest BCUT2D eigenvalue weighted by Crippen LogP contribution is 2.34. The predicted molar refractivity (Wildman–Crippen MR) is 250 cm³/mol. The van der Waals surface area contributed by atoms with E-state index in [0.717, 1.165) is 17.7 Å². The first kappa shape index (κ1) is 59.8. The number of esters is 6. The lowest BCUT2D eigenvalue weighted by molar-refractivity contribution is -0.236. The summed E-state index contributed by atoms with van der Waals surface area (Å²) in [5, 5.41) is 3.20. The Labute approximate surface area is 409 Å². The molecule has 388 valence electrons. The molecule has 2 aliphatic heterocycles. The van der Waals surface area contributed by atoms with E-state index in [0.29, 0.717) is 19.4 Å². The third-order valence-corrected chi connectivity index (χ3v) is 10.5. The van der Waals surface area contributed by atoms with Crippen molar-refractivity contribution in [2.75, 3.05) is 32.8 Å². The Morgan fingerprint density at radius 2 is 0.886 bits per heavy atom. The summed E-state index contributed by atoms with van der Waals surface area (Å²) in [6.45, 7) is 15.4. The number of nitrogens with two attached hydrogens (primary N) is 1. The Bertz CT molecular complexity index is 2010. The van der Waals surface area contributed by atoms with Crippen molar-refractivity contribution in [3.05, 3.63) is 71.8 Å². The Kier molecular flexibility index (Phi) is 26.5. The molecule has 2 unspecified atom stereocenters. The highest BCUT2D eigenvalue weighted by atomic mass is 16.6. The minimum Gasteiger partial charge on any atom is -0.463 e. The molecule has 3 N–H and O–H groups in total. The normalized spacial score (nSPS) is 23.4. The standard InChI is InChI=1S/C24H34N2O8.C23H29NO9.C2H7N/c1-6-25-12-20-22(26(15(2)27)13-19-10-8-7-9-11-19)24(33-18(5)30)23(32-17(4)29)21(34-20)14-31-16(3)28;1-14(26)24(12-18-8-6-5-7-9-18)21-19(10-11-25)33-20(13-30-15(2)27)22(31-16(3)28)23(21)32-17(4)29;1-2-3/h7-11,20-25H,6,12-14H2,1-5H3;5-9,11,19-23H,10,12-13H2,1-4H3;2-3H2,1H3/t20-,21-,22+,23+,24?;19-,20-,21+,22+,23?;/m11./s1. The summed E-state index contributed by atoms with van der Waals surface area (Å²) in [5.74, 6) is -4.34. The molecular formula is C49H70N4O17. The number of ether oxygens (including phenoxy) is 8. The second-order valence-corrected chi connectivity index (χ2v) is 16.2. The Morgan fingerprint density at radius 1 is 0.543 bits per heavy atom. The molecule has 0 aromatic heterocycles. The van der Waals surface area contributed by atoms with E-state index < -0.39 is 96.7 Å². The quantitative estimate of drug-likeness (QED) is 0.116. The van der Waals surface area contributed by atoms with Gasteiger partial charge in [-0.15, -0.1) is 0 Å². The van der Waals surface area contributed by atoms with Crippen molar-refractivity contribution < 1.29 is 81.0 Å². The molecule has 0 saturated carbocycles. The third-order valence-electron chi connectivity index (χ3n) is 10.5. The van der Waals surface area contributed by atoms with Crippen molar-refractivity contribution in [1.82, 2.24) is 15.1 Å². The fourth-order valence-corrected chi connectivity index (χ4v) is 7.91. The maximum atomic E-state index is 12.9. The Morgan fingerprint density at radius 3 is 1.20 bits per heavy atom. The Balaban J connectivity index is 0.000000455. The van der Waals surface area contributed by atoms with Gasteiger partial charge in [-0.1, -0.05) is 74.5 Å². The van der Waals surface area contributed by atoms with Gasteiger partial charge in [-0.2, -0.15) is 0 Å². The summed E-state index contributed by atoms with van der Waals surface area (Å²) < 4.78 is 44.6. The molecule has 0 spiro atoms. The number of likely N-dealkylation sites (N-methyl/N-ethyl adjacent to an activating group) is 1. The molecule has 2 saturated heterocycles. The smallest absolute Gasteiger partial charge is 0.303 e. The van der Waals surface area contributed by atoms with Crippen molar-refractivity contribution in [2.45, 2.75) is 150 Å². The average Bonchev–Trinajstić information content (AvgIpc) is 3.28. The number of hydrogen-bond acceptors (Lipinski definition) is 19. The lowest BCUT2D eigenvalue weighted by Gasteiger charge is -2.49. The number of carbonyl (C=O) groups excluding carboxylic acids is 9. The molecule has 70 heavy (non-hydrogen) atoms. The van der Waals surface area contributed by atoms with Crippen LogP contribution in [0.3, 0.4) is 0 Å². The van der Waals surface area contributed by atoms with Crippen molar-refractivity contribution in [3.63, 3.8) is 0 Å². The van der Waals surface area contributed by atoms with Gasteiger partial charge in [-0.3, -0.25) is 38.4 Å². The maximum Gasteiger partial charge on any atom is 0.303 e. The monoisotopic (exact) mass is 986 g/mol. The lowest BCUT2D eigenvalue weighted by Crippen LogP contribution is -2.68. The van der Waals surface area contributed by atoms with E-state index in [1.54, 1.807) is 4.90 Å². The van der Waals surface area contributed by atoms with E-state index in [-0.39, 0.29) is 44.5 Å². The van der Waals surface area contributed by atoms with Crippen LogP contribution in [0.25, 0.3) is 0 Å². The maximum absolute atomic E-state index is 12.9. The van der Waals surface area contributed by atoms with Crippen LogP contribution in [0.15, 0.2) is 60.7 Å². The first-order valence-corrected chi connectivity index (χ1v) is 22.9. The molecule has 2 fully saturated rings. The summed E-state index contributed by atoms with van der Waals surface area (Å²) in [6.07, 6.45) is -7.49. The highest BCUT2D eigenvalue weighted by Gasteiger charge is 2.54. The van der Waals surface area contributed by atoms with Crippen molar-refractivity contribution in [1.29, 1.82) is 0 Å². The largest absolute Gasteiger partial charge is 0.463 e. The number of rotatable bonds is 19. The number of nitrogens with one attached hydrogen (secondary N) is 1. The van der Waals surface area contributed by atoms with E-state index in [2.05, 4.69) is 5.32 Å². The molecule has 2 aliphatic rings. The van der Waals surface area contributed by atoms with E-state index in [9.17, 15) is 43.2 Å². The molecule has 4 rings (SSSR count). The summed E-state index contributed by atoms with van der Waals surface area (Å²) in [5.41, 5.74) is 6.51. The third kappa shape index (κ3) is 20.0. The first-order chi connectivity index (χ1) is 33.2. The lowest BCUT2D eigenvalue weighted by atomic mass is 9.89. The fraction of sp³-hybridized carbons (Fsp3) is 0.571. The summed E-state index contributed by atoms with van der Waals surface area (Å²) in [6, 6.07) is 16.7. The zero-order valence-corrected chi connectivity index (χ0v) is 41.7. The van der Waals surface area contributed by atoms with Gasteiger partial charge in [-0.05, 0) is 24.2 Å². The molecule has 2 aromatic rings. The van der Waals surface area contributed by atoms with E-state index in [1.807, 2.05) is 74.5 Å². The van der Waals surface area contributed by atoms with Crippen LogP contribution in [-0.4, -0.2) is 157 Å². The van der Waals surface area contributed by atoms with Crippen molar-refractivity contribution in [2.24, 2.45) is 5.73 Å². The molecule has 0 bridgehead atoms. The molecule has 21 heteroatoms. The number of benzene rings is 2. The van der Waals surface area contributed by atoms with Gasteiger partial charge >= 0.3 is 35.8 Å². The number of nitrogens with zero attached hydrogens (tertiary/aromatic N) is 2. The Hall–Kier alpha value is -6.29. The second-order valence-electron chi connectivity index (χ2n) is 16.2. The number of aldehydes is 1. The van der Waals surface area contributed by atoms with Crippen LogP contribution in [0, 0.1) is 0 Å². The SMILES string of the molecule is CC(=O)OC[C@H]1O[C@H](CC=O)[C@H](N(Cc2ccccc2)C(C)=O)C(OC(C)=O)[C@H]1OC(C)=O.CCN.CCNC[C@H]1O[C@H](COC(C)=O)[C@H](OC(C)=O)C(OC(C)=O)[C@H]1N(Cc1ccccc1)C(C)=O. The summed E-state index contributed by atoms with van der Waals surface area (Å²) in [4.78, 5) is 111. The van der Waals surface area contributed by atoms with Crippen LogP contribution in [-0.2, 0) is 94.1 Å². The van der Waals surface area contributed by atoms with Gasteiger partial charge in [0.2, 0.25) is 11.8 Å². The molecule has 2 heterocycles. The van der Waals surface area contributed by atoms with Crippen LogP contribution in [0.4, 0.5) is 0 Å². The molecule has 0 radical (unpaired) electrons. The van der Waals surface area contributed by atoms with Crippen LogP contribution in [0.1, 0.15) is 86.8 Å². The number of carbonyl (C=O) groups is 9. The molecule has 10 atom stereocenters. The van der Waals surface area contributed by atoms with Gasteiger partial charge in [0.1, 0.15) is 37.7 Å². The van der Waals surface area contributed by atoms with Crippen LogP contribution in [0.2, 0.25) is 0 Å². The zero-order chi connectivity index (χ0) is 52.5. The molecule has 0 aliphatic carbocycles. The van der Waals surface area contributed by atoms with Crippen molar-refractivity contribution in [3.8, 4) is 0 Å². The minimum absolute atomic E-state index is 0.135. The van der Waals surface area contributed by atoms with Gasteiger partial charge < -0.3 is 63.5 Å². The zero-order valence-electron chi connectivity index (χ0n) is 41.7. The van der Waals surface area contributed by atoms with Gasteiger partial charge in [0.25, 0.3) is 0 Å². The first-order valence-electron chi connectivity index (χ1n) is 22.9. The van der Waals surface area contributed by atoms with Crippen LogP contribution >= 0.6 is 0 Å². The van der Waals surface area contributed by atoms with Gasteiger partial charge in [0, 0.05) is 81.4 Å². The molecular weight excluding hydrogens is 917 g/mol. The predicted octanol–water partition coefficient (Wildman–Crippen LogP) is 2.36. The van der Waals surface area contributed by atoms with Gasteiger partial charge in [0.15, 0.2) is 24.4 Å².